The van der Waals surface area contributed by atoms with Crippen LogP contribution in [-0.2, 0) is 19.6 Å². The maximum Gasteiger partial charge on any atom is 0.246 e. The van der Waals surface area contributed by atoms with Crippen molar-refractivity contribution in [2.24, 2.45) is 0 Å². The van der Waals surface area contributed by atoms with E-state index in [9.17, 15) is 13.2 Å². The van der Waals surface area contributed by atoms with E-state index in [2.05, 4.69) is 15.8 Å². The highest BCUT2D eigenvalue weighted by molar-refractivity contribution is 7.89. The molecule has 1 aliphatic heterocycles. The van der Waals surface area contributed by atoms with Crippen molar-refractivity contribution in [3.8, 4) is 5.75 Å². The van der Waals surface area contributed by atoms with Gasteiger partial charge in [-0.3, -0.25) is 4.79 Å². The number of aryl methyl sites for hydroxylation is 1. The first-order chi connectivity index (χ1) is 13.4. The Kier molecular flexibility index (Phi) is 6.17. The summed E-state index contributed by atoms with van der Waals surface area (Å²) in [5, 5.41) is 9.17. The Labute approximate surface area is 162 Å². The molecule has 0 radical (unpaired) electrons. The van der Waals surface area contributed by atoms with Gasteiger partial charge in [0.15, 0.2) is 5.82 Å². The number of carbonyl (C=O) groups is 1. The van der Waals surface area contributed by atoms with Crippen LogP contribution in [0.1, 0.15) is 5.76 Å². The smallest absolute Gasteiger partial charge is 0.246 e. The molecule has 1 aromatic heterocycles. The minimum Gasteiger partial charge on any atom is -0.495 e. The van der Waals surface area contributed by atoms with Gasteiger partial charge in [0.1, 0.15) is 16.4 Å². The highest BCUT2D eigenvalue weighted by atomic mass is 32.2. The van der Waals surface area contributed by atoms with Crippen LogP contribution in [-0.4, -0.2) is 63.7 Å². The van der Waals surface area contributed by atoms with Crippen molar-refractivity contribution in [2.45, 2.75) is 11.8 Å². The average Bonchev–Trinajstić information content (AvgIpc) is 3.11. The summed E-state index contributed by atoms with van der Waals surface area (Å²) in [6, 6.07) is 6.24. The first-order valence-corrected chi connectivity index (χ1v) is 10.1. The molecule has 1 fully saturated rings. The fourth-order valence-electron chi connectivity index (χ4n) is 2.71. The topological polar surface area (TPSA) is 123 Å². The molecule has 1 amide bonds. The molecule has 2 aromatic rings. The van der Waals surface area contributed by atoms with Crippen molar-refractivity contribution in [2.75, 3.05) is 50.6 Å². The summed E-state index contributed by atoms with van der Waals surface area (Å²) in [6.07, 6.45) is 0. The first-order valence-electron chi connectivity index (χ1n) is 8.63. The molecule has 0 saturated carbocycles. The van der Waals surface area contributed by atoms with E-state index in [0.717, 1.165) is 0 Å². The van der Waals surface area contributed by atoms with Gasteiger partial charge in [-0.2, -0.15) is 4.31 Å². The number of ether oxygens (including phenoxy) is 2. The standard InChI is InChI=1S/C17H22N4O6S/c1-12-9-16(20-27-12)19-17(22)11-18-13-3-4-14(25-2)15(10-13)28(23,24)21-5-7-26-8-6-21/h3-4,9-10,18H,5-8,11H2,1-2H3,(H,19,20,22). The third-order valence-corrected chi connectivity index (χ3v) is 6.02. The second-order valence-corrected chi connectivity index (χ2v) is 8.01. The van der Waals surface area contributed by atoms with Crippen LogP contribution < -0.4 is 15.4 Å². The number of aromatic nitrogens is 1. The van der Waals surface area contributed by atoms with Crippen molar-refractivity contribution in [3.63, 3.8) is 0 Å². The molecule has 28 heavy (non-hydrogen) atoms. The number of nitrogens with one attached hydrogen (secondary N) is 2. The monoisotopic (exact) mass is 410 g/mol. The van der Waals surface area contributed by atoms with Crippen LogP contribution in [0.2, 0.25) is 0 Å². The van der Waals surface area contributed by atoms with Gasteiger partial charge >= 0.3 is 0 Å². The van der Waals surface area contributed by atoms with Crippen molar-refractivity contribution < 1.29 is 27.2 Å². The normalized spacial score (nSPS) is 15.2. The molecule has 0 aliphatic carbocycles. The lowest BCUT2D eigenvalue weighted by molar-refractivity contribution is -0.114. The van der Waals surface area contributed by atoms with Crippen LogP contribution in [0.3, 0.4) is 0 Å². The lowest BCUT2D eigenvalue weighted by Gasteiger charge is -2.26. The van der Waals surface area contributed by atoms with Crippen LogP contribution in [0.4, 0.5) is 11.5 Å². The number of methoxy groups -OCH3 is 1. The summed E-state index contributed by atoms with van der Waals surface area (Å²) >= 11 is 0. The molecule has 0 atom stereocenters. The molecule has 3 rings (SSSR count). The second kappa shape index (κ2) is 8.59. The number of sulfonamides is 1. The van der Waals surface area contributed by atoms with Gasteiger partial charge in [0.05, 0.1) is 26.9 Å². The number of amides is 1. The van der Waals surface area contributed by atoms with Gasteiger partial charge in [-0.25, -0.2) is 8.42 Å². The number of rotatable bonds is 7. The molecule has 1 saturated heterocycles. The highest BCUT2D eigenvalue weighted by Gasteiger charge is 2.29. The van der Waals surface area contributed by atoms with Crippen LogP contribution in [0.15, 0.2) is 33.7 Å². The molecule has 0 spiro atoms. The molecule has 0 bridgehead atoms. The summed E-state index contributed by atoms with van der Waals surface area (Å²) in [4.78, 5) is 12.1. The summed E-state index contributed by atoms with van der Waals surface area (Å²) in [6.45, 7) is 2.90. The Morgan fingerprint density at radius 2 is 2.04 bits per heavy atom. The van der Waals surface area contributed by atoms with Crippen molar-refractivity contribution >= 4 is 27.4 Å². The summed E-state index contributed by atoms with van der Waals surface area (Å²) in [5.74, 6) is 0.785. The van der Waals surface area contributed by atoms with E-state index < -0.39 is 10.0 Å². The minimum absolute atomic E-state index is 0.0365. The number of benzene rings is 1. The van der Waals surface area contributed by atoms with E-state index in [1.165, 1.54) is 17.5 Å². The van der Waals surface area contributed by atoms with Crippen LogP contribution in [0, 0.1) is 6.92 Å². The Balaban J connectivity index is 1.72. The fraction of sp³-hybridized carbons (Fsp3) is 0.412. The van der Waals surface area contributed by atoms with Crippen LogP contribution in [0.25, 0.3) is 0 Å². The molecule has 2 heterocycles. The Bertz CT molecular complexity index is 937. The SMILES string of the molecule is COc1ccc(NCC(=O)Nc2cc(C)on2)cc1S(=O)(=O)N1CCOCC1. The number of carbonyl (C=O) groups excluding carboxylic acids is 1. The molecular weight excluding hydrogens is 388 g/mol. The van der Waals surface area contributed by atoms with Crippen LogP contribution >= 0.6 is 0 Å². The maximum atomic E-state index is 13.0. The third kappa shape index (κ3) is 4.61. The predicted molar refractivity (Wildman–Crippen MR) is 101 cm³/mol. The maximum absolute atomic E-state index is 13.0. The molecule has 10 nitrogen and oxygen atoms in total. The van der Waals surface area contributed by atoms with Crippen molar-refractivity contribution in [3.05, 3.63) is 30.0 Å². The van der Waals surface area contributed by atoms with E-state index in [1.54, 1.807) is 25.1 Å². The number of hydrogen-bond donors (Lipinski definition) is 2. The zero-order chi connectivity index (χ0) is 20.1. The molecule has 152 valence electrons. The average molecular weight is 410 g/mol. The van der Waals surface area contributed by atoms with Gasteiger partial charge in [-0.05, 0) is 25.1 Å². The van der Waals surface area contributed by atoms with Crippen LogP contribution in [0.5, 0.6) is 5.75 Å². The van der Waals surface area contributed by atoms with E-state index in [-0.39, 0.29) is 36.2 Å². The molecule has 1 aliphatic rings. The number of morpholine rings is 1. The predicted octanol–water partition coefficient (Wildman–Crippen LogP) is 1.06. The summed E-state index contributed by atoms with van der Waals surface area (Å²) in [7, 11) is -2.34. The van der Waals surface area contributed by atoms with Gasteiger partial charge in [-0.15, -0.1) is 0 Å². The molecular formula is C17H22N4O6S. The lowest BCUT2D eigenvalue weighted by Crippen LogP contribution is -2.40. The quantitative estimate of drug-likeness (QED) is 0.695. The van der Waals surface area contributed by atoms with Gasteiger partial charge in [0, 0.05) is 24.8 Å². The van der Waals surface area contributed by atoms with E-state index in [4.69, 9.17) is 14.0 Å². The van der Waals surface area contributed by atoms with E-state index >= 15 is 0 Å². The van der Waals surface area contributed by atoms with E-state index in [0.29, 0.717) is 30.5 Å². The molecule has 1 aromatic carbocycles. The zero-order valence-corrected chi connectivity index (χ0v) is 16.4. The van der Waals surface area contributed by atoms with E-state index in [1.807, 2.05) is 0 Å². The lowest BCUT2D eigenvalue weighted by atomic mass is 10.3. The van der Waals surface area contributed by atoms with Crippen molar-refractivity contribution in [1.82, 2.24) is 9.46 Å². The Hall–Kier alpha value is -2.63. The van der Waals surface area contributed by atoms with Gasteiger partial charge in [0.2, 0.25) is 15.9 Å². The minimum atomic E-state index is -3.75. The summed E-state index contributed by atoms with van der Waals surface area (Å²) in [5.41, 5.74) is 0.471. The summed E-state index contributed by atoms with van der Waals surface area (Å²) < 4.78 is 42.6. The molecule has 2 N–H and O–H groups in total. The third-order valence-electron chi connectivity index (χ3n) is 4.10. The van der Waals surface area contributed by atoms with Crippen molar-refractivity contribution in [1.29, 1.82) is 0 Å². The zero-order valence-electron chi connectivity index (χ0n) is 15.6. The van der Waals surface area contributed by atoms with Gasteiger partial charge < -0.3 is 24.6 Å². The fourth-order valence-corrected chi connectivity index (χ4v) is 4.30. The first kappa shape index (κ1) is 20.1. The largest absolute Gasteiger partial charge is 0.495 e. The highest BCUT2D eigenvalue weighted by Crippen LogP contribution is 2.30. The van der Waals surface area contributed by atoms with Gasteiger partial charge in [-0.1, -0.05) is 5.16 Å². The number of hydrogen-bond acceptors (Lipinski definition) is 8. The molecule has 11 heteroatoms. The number of nitrogens with zero attached hydrogens (tertiary/aromatic N) is 2. The molecule has 0 unspecified atom stereocenters. The second-order valence-electron chi connectivity index (χ2n) is 6.11. The Morgan fingerprint density at radius 1 is 1.29 bits per heavy atom. The van der Waals surface area contributed by atoms with Gasteiger partial charge in [0.25, 0.3) is 0 Å². The Morgan fingerprint density at radius 3 is 2.68 bits per heavy atom. The number of anilines is 2.